The van der Waals surface area contributed by atoms with E-state index < -0.39 is 18.1 Å². The topological polar surface area (TPSA) is 39.8 Å². The maximum absolute atomic E-state index is 13.7. The second-order valence-electron chi connectivity index (χ2n) is 3.84. The van der Waals surface area contributed by atoms with Crippen LogP contribution in [0.15, 0.2) is 23.0 Å². The molecule has 0 radical (unpaired) electrons. The first-order valence-electron chi connectivity index (χ1n) is 5.14. The van der Waals surface area contributed by atoms with Crippen molar-refractivity contribution in [1.29, 1.82) is 0 Å². The lowest BCUT2D eigenvalue weighted by atomic mass is 10.2. The number of hydrogen-bond donors (Lipinski definition) is 0. The van der Waals surface area contributed by atoms with E-state index in [4.69, 9.17) is 0 Å². The lowest BCUT2D eigenvalue weighted by molar-refractivity contribution is 0.0640. The molecule has 0 fully saturated rings. The van der Waals surface area contributed by atoms with Gasteiger partial charge in [0.1, 0.15) is 17.3 Å². The van der Waals surface area contributed by atoms with E-state index in [2.05, 4.69) is 5.10 Å². The molecule has 0 amide bonds. The van der Waals surface area contributed by atoms with Gasteiger partial charge in [-0.3, -0.25) is 0 Å². The monoisotopic (exact) mass is 257 g/mol. The number of alkyl halides is 2. The summed E-state index contributed by atoms with van der Waals surface area (Å²) in [6.07, 6.45) is 0. The van der Waals surface area contributed by atoms with Crippen LogP contribution in [0.2, 0.25) is 0 Å². The highest BCUT2D eigenvalue weighted by Gasteiger charge is 2.19. The molecule has 0 saturated heterocycles. The summed E-state index contributed by atoms with van der Waals surface area (Å²) in [5, 5.41) is 3.64. The average molecular weight is 257 g/mol. The Kier molecular flexibility index (Phi) is 2.98. The van der Waals surface area contributed by atoms with E-state index in [0.717, 1.165) is 0 Å². The number of hydrogen-bond acceptors (Lipinski definition) is 2. The highest BCUT2D eigenvalue weighted by molar-refractivity contribution is 5.35. The first-order chi connectivity index (χ1) is 8.41. The molecule has 1 aromatic heterocycles. The van der Waals surface area contributed by atoms with E-state index in [0.29, 0.717) is 10.2 Å². The van der Waals surface area contributed by atoms with Crippen molar-refractivity contribution in [1.82, 2.24) is 14.3 Å². The Morgan fingerprint density at radius 2 is 1.94 bits per heavy atom. The van der Waals surface area contributed by atoms with Crippen molar-refractivity contribution in [2.45, 2.75) is 20.4 Å². The Morgan fingerprint density at radius 3 is 2.44 bits per heavy atom. The smallest absolute Gasteiger partial charge is 0.245 e. The van der Waals surface area contributed by atoms with Crippen LogP contribution in [0.1, 0.15) is 17.9 Å². The molecule has 1 aromatic carbocycles. The molecule has 0 saturated carbocycles. The number of aryl methyl sites for hydroxylation is 2. The molecular formula is C11H10F3N3O. The molecule has 0 N–H and O–H groups in total. The third-order valence-electron chi connectivity index (χ3n) is 2.51. The zero-order chi connectivity index (χ0) is 13.4. The fourth-order valence-electron chi connectivity index (χ4n) is 1.64. The van der Waals surface area contributed by atoms with E-state index >= 15 is 0 Å². The minimum atomic E-state index is -3.00. The van der Waals surface area contributed by atoms with Crippen LogP contribution in [0.25, 0.3) is 5.69 Å². The highest BCUT2D eigenvalue weighted by Crippen LogP contribution is 2.14. The van der Waals surface area contributed by atoms with E-state index in [1.165, 1.54) is 19.1 Å². The van der Waals surface area contributed by atoms with Crippen molar-refractivity contribution < 1.29 is 13.2 Å². The minimum Gasteiger partial charge on any atom is -0.245 e. The summed E-state index contributed by atoms with van der Waals surface area (Å²) in [7, 11) is 0. The van der Waals surface area contributed by atoms with Crippen LogP contribution in [0.4, 0.5) is 13.2 Å². The van der Waals surface area contributed by atoms with Gasteiger partial charge in [0.05, 0.1) is 0 Å². The summed E-state index contributed by atoms with van der Waals surface area (Å²) < 4.78 is 39.7. The summed E-state index contributed by atoms with van der Waals surface area (Å²) in [6, 6.07) is 4.11. The Morgan fingerprint density at radius 1 is 1.28 bits per heavy atom. The van der Waals surface area contributed by atoms with Gasteiger partial charge in [-0.05, 0) is 31.5 Å². The molecular weight excluding hydrogens is 247 g/mol. The zero-order valence-corrected chi connectivity index (χ0v) is 9.69. The number of rotatable bonds is 2. The highest BCUT2D eigenvalue weighted by atomic mass is 19.3. The second kappa shape index (κ2) is 4.32. The van der Waals surface area contributed by atoms with Crippen LogP contribution in [0, 0.1) is 19.7 Å². The molecule has 96 valence electrons. The fraction of sp³-hybridized carbons (Fsp3) is 0.273. The van der Waals surface area contributed by atoms with Crippen molar-refractivity contribution in [3.8, 4) is 5.69 Å². The summed E-state index contributed by atoms with van der Waals surface area (Å²) in [6.45, 7) is -0.0609. The first-order valence-corrected chi connectivity index (χ1v) is 5.14. The molecule has 0 bridgehead atoms. The average Bonchev–Trinajstić information content (AvgIpc) is 2.54. The van der Waals surface area contributed by atoms with Crippen molar-refractivity contribution in [3.63, 3.8) is 0 Å². The summed E-state index contributed by atoms with van der Waals surface area (Å²) in [4.78, 5) is 11.7. The van der Waals surface area contributed by atoms with Gasteiger partial charge in [0.15, 0.2) is 0 Å². The molecule has 0 aliphatic carbocycles. The number of nitrogens with zero attached hydrogens (tertiary/aromatic N) is 3. The Bertz CT molecular complexity index is 645. The van der Waals surface area contributed by atoms with Crippen LogP contribution in [-0.4, -0.2) is 14.3 Å². The molecule has 2 rings (SSSR count). The molecule has 7 heteroatoms. The first kappa shape index (κ1) is 12.4. The van der Waals surface area contributed by atoms with Crippen LogP contribution in [0.3, 0.4) is 0 Å². The van der Waals surface area contributed by atoms with Crippen molar-refractivity contribution in [3.05, 3.63) is 45.9 Å². The largest absolute Gasteiger partial charge is 0.355 e. The van der Waals surface area contributed by atoms with Crippen molar-refractivity contribution >= 4 is 0 Å². The number of halogens is 3. The van der Waals surface area contributed by atoms with E-state index in [9.17, 15) is 18.0 Å². The number of benzene rings is 1. The second-order valence-corrected chi connectivity index (χ2v) is 3.84. The molecule has 2 aromatic rings. The van der Waals surface area contributed by atoms with Gasteiger partial charge in [-0.25, -0.2) is 13.8 Å². The zero-order valence-electron chi connectivity index (χ0n) is 9.69. The molecule has 1 heterocycles. The van der Waals surface area contributed by atoms with Gasteiger partial charge in [-0.1, -0.05) is 6.07 Å². The van der Waals surface area contributed by atoms with Crippen molar-refractivity contribution in [2.24, 2.45) is 0 Å². The standard InChI is InChI=1S/C11H10F3N3O/c1-6-3-4-9(8(12)5-6)17-11(18)16(10(13)14)7(2)15-17/h3-5,10H,1-2H3. The molecule has 4 nitrogen and oxygen atoms in total. The molecule has 0 atom stereocenters. The third kappa shape index (κ3) is 1.92. The maximum atomic E-state index is 13.7. The van der Waals surface area contributed by atoms with Gasteiger partial charge in [0.2, 0.25) is 0 Å². The van der Waals surface area contributed by atoms with E-state index in [1.54, 1.807) is 13.0 Å². The van der Waals surface area contributed by atoms with E-state index in [-0.39, 0.29) is 16.1 Å². The summed E-state index contributed by atoms with van der Waals surface area (Å²) in [5.41, 5.74) is -0.548. The number of aromatic nitrogens is 3. The Hall–Kier alpha value is -2.05. The van der Waals surface area contributed by atoms with Crippen LogP contribution in [0.5, 0.6) is 0 Å². The normalized spacial score (nSPS) is 11.2. The lowest BCUT2D eigenvalue weighted by Gasteiger charge is -2.02. The van der Waals surface area contributed by atoms with Gasteiger partial charge in [-0.15, -0.1) is 5.10 Å². The SMILES string of the molecule is Cc1ccc(-n2nc(C)n(C(F)F)c2=O)c(F)c1. The van der Waals surface area contributed by atoms with Crippen LogP contribution >= 0.6 is 0 Å². The molecule has 0 aliphatic rings. The van der Waals surface area contributed by atoms with Gasteiger partial charge in [0.25, 0.3) is 0 Å². The van der Waals surface area contributed by atoms with Gasteiger partial charge < -0.3 is 0 Å². The minimum absolute atomic E-state index is 0.145. The maximum Gasteiger partial charge on any atom is 0.355 e. The third-order valence-corrected chi connectivity index (χ3v) is 2.51. The molecule has 0 spiro atoms. The molecule has 0 aliphatic heterocycles. The summed E-state index contributed by atoms with van der Waals surface area (Å²) >= 11 is 0. The van der Waals surface area contributed by atoms with Gasteiger partial charge in [0, 0.05) is 0 Å². The van der Waals surface area contributed by atoms with Gasteiger partial charge >= 0.3 is 12.2 Å². The quantitative estimate of drug-likeness (QED) is 0.827. The lowest BCUT2D eigenvalue weighted by Crippen LogP contribution is -2.25. The van der Waals surface area contributed by atoms with Crippen molar-refractivity contribution in [2.75, 3.05) is 0 Å². The summed E-state index contributed by atoms with van der Waals surface area (Å²) in [5.74, 6) is -0.856. The molecule has 0 unspecified atom stereocenters. The predicted molar refractivity (Wildman–Crippen MR) is 58.5 cm³/mol. The Balaban J connectivity index is 2.66. The molecule has 18 heavy (non-hydrogen) atoms. The van der Waals surface area contributed by atoms with Crippen LogP contribution in [-0.2, 0) is 0 Å². The van der Waals surface area contributed by atoms with E-state index in [1.807, 2.05) is 0 Å². The van der Waals surface area contributed by atoms with Crippen LogP contribution < -0.4 is 5.69 Å². The Labute approximate surface area is 100 Å². The van der Waals surface area contributed by atoms with Gasteiger partial charge in [-0.2, -0.15) is 13.5 Å². The predicted octanol–water partition coefficient (Wildman–Crippen LogP) is 2.19. The fourth-order valence-corrected chi connectivity index (χ4v) is 1.64.